The van der Waals surface area contributed by atoms with Crippen LogP contribution in [0.15, 0.2) is 54.6 Å². The Hall–Kier alpha value is -2.41. The first-order valence-electron chi connectivity index (χ1n) is 7.17. The van der Waals surface area contributed by atoms with Crippen molar-refractivity contribution >= 4 is 32.3 Å². The van der Waals surface area contributed by atoms with Crippen LogP contribution in [0, 0.1) is 19.7 Å². The van der Waals surface area contributed by atoms with Gasteiger partial charge in [0.1, 0.15) is 5.82 Å². The molecule has 0 aliphatic rings. The van der Waals surface area contributed by atoms with Gasteiger partial charge in [0, 0.05) is 0 Å². The molecule has 0 radical (unpaired) electrons. The summed E-state index contributed by atoms with van der Waals surface area (Å²) >= 11 is 0. The molecule has 0 bridgehead atoms. The lowest BCUT2D eigenvalue weighted by Gasteiger charge is -2.14. The summed E-state index contributed by atoms with van der Waals surface area (Å²) in [6, 6.07) is 18.3. The van der Waals surface area contributed by atoms with Crippen LogP contribution >= 0.6 is 0 Å². The topological polar surface area (TPSA) is 0 Å². The first-order valence-corrected chi connectivity index (χ1v) is 7.17. The smallest absolute Gasteiger partial charge is 0.127 e. The molecule has 0 N–H and O–H groups in total. The van der Waals surface area contributed by atoms with Crippen LogP contribution in [-0.2, 0) is 0 Å². The first kappa shape index (κ1) is 12.3. The Kier molecular flexibility index (Phi) is 2.52. The molecule has 0 nitrogen and oxygen atoms in total. The lowest BCUT2D eigenvalue weighted by molar-refractivity contribution is 0.620. The maximum atomic E-state index is 14.2. The molecule has 0 aromatic heterocycles. The van der Waals surface area contributed by atoms with E-state index in [2.05, 4.69) is 36.4 Å². The molecule has 4 aromatic carbocycles. The number of fused-ring (bicyclic) bond motifs is 6. The molecule has 0 aliphatic carbocycles. The molecule has 1 heteroatoms. The van der Waals surface area contributed by atoms with Crippen molar-refractivity contribution in [3.8, 4) is 0 Å². The maximum Gasteiger partial charge on any atom is 0.127 e. The molecule has 0 spiro atoms. The highest BCUT2D eigenvalue weighted by atomic mass is 19.1. The van der Waals surface area contributed by atoms with Crippen LogP contribution in [0.2, 0.25) is 0 Å². The SMILES string of the molecule is Cc1cc(F)c(C)c2c3ccccc3c3ccccc3c12. The van der Waals surface area contributed by atoms with Crippen LogP contribution in [0.5, 0.6) is 0 Å². The van der Waals surface area contributed by atoms with E-state index in [0.29, 0.717) is 0 Å². The molecule has 0 fully saturated rings. The molecule has 102 valence electrons. The molecule has 0 amide bonds. The zero-order valence-electron chi connectivity index (χ0n) is 12.1. The Morgan fingerprint density at radius 1 is 0.667 bits per heavy atom. The number of benzene rings is 4. The second-order valence-corrected chi connectivity index (χ2v) is 5.64. The number of hydrogen-bond acceptors (Lipinski definition) is 0. The lowest BCUT2D eigenvalue weighted by atomic mass is 9.89. The van der Waals surface area contributed by atoms with E-state index in [1.54, 1.807) is 6.07 Å². The van der Waals surface area contributed by atoms with Gasteiger partial charge in [0.25, 0.3) is 0 Å². The molecule has 0 saturated heterocycles. The second kappa shape index (κ2) is 4.29. The van der Waals surface area contributed by atoms with Crippen molar-refractivity contribution < 1.29 is 4.39 Å². The molecule has 0 atom stereocenters. The summed E-state index contributed by atoms with van der Waals surface area (Å²) in [6.07, 6.45) is 0. The molecular formula is C20H15F. The predicted molar refractivity (Wildman–Crippen MR) is 88.4 cm³/mol. The van der Waals surface area contributed by atoms with Gasteiger partial charge in [0.2, 0.25) is 0 Å². The fraction of sp³-hybridized carbons (Fsp3) is 0.100. The van der Waals surface area contributed by atoms with E-state index in [0.717, 1.165) is 21.9 Å². The summed E-state index contributed by atoms with van der Waals surface area (Å²) in [6.45, 7) is 3.87. The highest BCUT2D eigenvalue weighted by molar-refractivity contribution is 6.26. The Labute approximate surface area is 122 Å². The highest BCUT2D eigenvalue weighted by Crippen LogP contribution is 2.38. The van der Waals surface area contributed by atoms with Crippen molar-refractivity contribution in [3.63, 3.8) is 0 Å². The Morgan fingerprint density at radius 3 is 1.71 bits per heavy atom. The largest absolute Gasteiger partial charge is 0.207 e. The van der Waals surface area contributed by atoms with Crippen LogP contribution in [0.25, 0.3) is 32.3 Å². The number of hydrogen-bond donors (Lipinski definition) is 0. The monoisotopic (exact) mass is 274 g/mol. The summed E-state index contributed by atoms with van der Waals surface area (Å²) in [5, 5.41) is 6.96. The summed E-state index contributed by atoms with van der Waals surface area (Å²) in [4.78, 5) is 0. The van der Waals surface area contributed by atoms with Crippen LogP contribution in [0.3, 0.4) is 0 Å². The van der Waals surface area contributed by atoms with E-state index in [4.69, 9.17) is 0 Å². The number of halogens is 1. The van der Waals surface area contributed by atoms with Gasteiger partial charge in [0.15, 0.2) is 0 Å². The molecule has 0 heterocycles. The van der Waals surface area contributed by atoms with Crippen molar-refractivity contribution in [2.24, 2.45) is 0 Å². The molecule has 0 saturated carbocycles. The minimum absolute atomic E-state index is 0.125. The molecule has 0 aliphatic heterocycles. The zero-order valence-corrected chi connectivity index (χ0v) is 12.1. The zero-order chi connectivity index (χ0) is 14.6. The Bertz CT molecular complexity index is 1010. The fourth-order valence-corrected chi connectivity index (χ4v) is 3.43. The lowest BCUT2D eigenvalue weighted by Crippen LogP contribution is -1.92. The predicted octanol–water partition coefficient (Wildman–Crippen LogP) is 5.90. The normalized spacial score (nSPS) is 11.6. The Balaban J connectivity index is 2.49. The summed E-state index contributed by atoms with van der Waals surface area (Å²) in [5.74, 6) is -0.125. The van der Waals surface area contributed by atoms with E-state index in [1.165, 1.54) is 21.5 Å². The number of rotatable bonds is 0. The van der Waals surface area contributed by atoms with Gasteiger partial charge in [-0.2, -0.15) is 0 Å². The highest BCUT2D eigenvalue weighted by Gasteiger charge is 2.14. The first-order chi connectivity index (χ1) is 10.2. The minimum Gasteiger partial charge on any atom is -0.207 e. The van der Waals surface area contributed by atoms with Crippen molar-refractivity contribution in [2.75, 3.05) is 0 Å². The van der Waals surface area contributed by atoms with Crippen LogP contribution in [0.4, 0.5) is 4.39 Å². The van der Waals surface area contributed by atoms with Crippen molar-refractivity contribution in [2.45, 2.75) is 13.8 Å². The average Bonchev–Trinajstić information content (AvgIpc) is 2.51. The van der Waals surface area contributed by atoms with E-state index in [1.807, 2.05) is 26.0 Å². The van der Waals surface area contributed by atoms with Gasteiger partial charge in [-0.15, -0.1) is 0 Å². The van der Waals surface area contributed by atoms with Gasteiger partial charge in [-0.05, 0) is 63.4 Å². The molecular weight excluding hydrogens is 259 g/mol. The molecule has 4 rings (SSSR count). The van der Waals surface area contributed by atoms with Gasteiger partial charge >= 0.3 is 0 Å². The maximum absolute atomic E-state index is 14.2. The molecule has 4 aromatic rings. The van der Waals surface area contributed by atoms with E-state index < -0.39 is 0 Å². The van der Waals surface area contributed by atoms with Gasteiger partial charge in [-0.1, -0.05) is 48.5 Å². The minimum atomic E-state index is -0.125. The summed E-state index contributed by atoms with van der Waals surface area (Å²) in [7, 11) is 0. The van der Waals surface area contributed by atoms with Gasteiger partial charge < -0.3 is 0 Å². The standard InChI is InChI=1S/C20H15F/c1-12-11-18(21)13(2)20-17-10-6-4-8-15(17)14-7-3-5-9-16(14)19(12)20/h3-11H,1-2H3. The van der Waals surface area contributed by atoms with Crippen LogP contribution in [0.1, 0.15) is 11.1 Å². The number of aryl methyl sites for hydroxylation is 2. The second-order valence-electron chi connectivity index (χ2n) is 5.64. The molecule has 0 unspecified atom stereocenters. The average molecular weight is 274 g/mol. The van der Waals surface area contributed by atoms with E-state index in [9.17, 15) is 4.39 Å². The Morgan fingerprint density at radius 2 is 1.14 bits per heavy atom. The third-order valence-corrected chi connectivity index (χ3v) is 4.40. The van der Waals surface area contributed by atoms with Gasteiger partial charge in [-0.3, -0.25) is 0 Å². The third-order valence-electron chi connectivity index (χ3n) is 4.40. The fourth-order valence-electron chi connectivity index (χ4n) is 3.43. The summed E-state index contributed by atoms with van der Waals surface area (Å²) in [5.41, 5.74) is 1.73. The van der Waals surface area contributed by atoms with E-state index >= 15 is 0 Å². The summed E-state index contributed by atoms with van der Waals surface area (Å²) < 4.78 is 14.2. The van der Waals surface area contributed by atoms with Crippen molar-refractivity contribution in [3.05, 3.63) is 71.5 Å². The third kappa shape index (κ3) is 1.61. The molecule has 21 heavy (non-hydrogen) atoms. The quantitative estimate of drug-likeness (QED) is 0.350. The van der Waals surface area contributed by atoms with Gasteiger partial charge in [-0.25, -0.2) is 4.39 Å². The van der Waals surface area contributed by atoms with Crippen molar-refractivity contribution in [1.29, 1.82) is 0 Å². The van der Waals surface area contributed by atoms with E-state index in [-0.39, 0.29) is 5.82 Å². The van der Waals surface area contributed by atoms with Crippen LogP contribution < -0.4 is 0 Å². The van der Waals surface area contributed by atoms with Gasteiger partial charge in [0.05, 0.1) is 0 Å². The van der Waals surface area contributed by atoms with Crippen LogP contribution in [-0.4, -0.2) is 0 Å². The van der Waals surface area contributed by atoms with Crippen molar-refractivity contribution in [1.82, 2.24) is 0 Å².